The molecule has 2 aromatic rings. The van der Waals surface area contributed by atoms with Crippen molar-refractivity contribution < 1.29 is 18.7 Å². The summed E-state index contributed by atoms with van der Waals surface area (Å²) in [5.41, 5.74) is 2.76. The zero-order valence-electron chi connectivity index (χ0n) is 16.6. The maximum atomic E-state index is 12.7. The number of phenolic OH excluding ortho intramolecular Hbond substituents is 1. The Bertz CT molecular complexity index is 971. The van der Waals surface area contributed by atoms with Crippen LogP contribution < -0.4 is 10.0 Å². The second kappa shape index (κ2) is 10.6. The minimum absolute atomic E-state index is 0.133. The molecule has 0 aliphatic heterocycles. The Balaban J connectivity index is 1.69. The fourth-order valence-corrected chi connectivity index (χ4v) is 4.60. The summed E-state index contributed by atoms with van der Waals surface area (Å²) < 4.78 is 22.4. The molecule has 1 amide bonds. The summed E-state index contributed by atoms with van der Waals surface area (Å²) in [7, 11) is 0. The second-order valence-corrected chi connectivity index (χ2v) is 8.67. The maximum absolute atomic E-state index is 12.7. The van der Waals surface area contributed by atoms with Gasteiger partial charge in [-0.2, -0.15) is 0 Å². The number of phenols is 1. The van der Waals surface area contributed by atoms with Gasteiger partial charge in [-0.3, -0.25) is 9.35 Å². The highest BCUT2D eigenvalue weighted by atomic mass is 32.2. The maximum Gasteiger partial charge on any atom is 0.232 e. The van der Waals surface area contributed by atoms with Crippen LogP contribution in [0.1, 0.15) is 42.1 Å². The van der Waals surface area contributed by atoms with E-state index in [1.165, 1.54) is 11.3 Å². The van der Waals surface area contributed by atoms with E-state index < -0.39 is 11.3 Å². The number of hydrogen-bond acceptors (Lipinski definition) is 5. The van der Waals surface area contributed by atoms with Gasteiger partial charge in [0.1, 0.15) is 10.8 Å². The molecule has 1 heterocycles. The summed E-state index contributed by atoms with van der Waals surface area (Å²) in [6.45, 7) is 2.04. The lowest BCUT2D eigenvalue weighted by Gasteiger charge is -2.20. The predicted molar refractivity (Wildman–Crippen MR) is 118 cm³/mol. The van der Waals surface area contributed by atoms with Crippen LogP contribution in [0, 0.1) is 0 Å². The number of nitrogens with zero attached hydrogens (tertiary/aromatic N) is 1. The number of thiazole rings is 1. The normalized spacial score (nSPS) is 17.9. The summed E-state index contributed by atoms with van der Waals surface area (Å²) in [5, 5.41) is 15.5. The van der Waals surface area contributed by atoms with E-state index >= 15 is 0 Å². The van der Waals surface area contributed by atoms with Gasteiger partial charge in [-0.05, 0) is 42.5 Å². The summed E-state index contributed by atoms with van der Waals surface area (Å²) in [5.74, 6) is -0.0108. The minimum atomic E-state index is -2.06. The molecule has 0 saturated heterocycles. The van der Waals surface area contributed by atoms with E-state index in [1.807, 2.05) is 30.5 Å². The summed E-state index contributed by atoms with van der Waals surface area (Å²) in [4.78, 5) is 17.3. The van der Waals surface area contributed by atoms with Crippen molar-refractivity contribution in [1.82, 2.24) is 15.0 Å². The summed E-state index contributed by atoms with van der Waals surface area (Å²) in [6.07, 6.45) is 7.95. The van der Waals surface area contributed by atoms with E-state index in [9.17, 15) is 14.1 Å². The molecule has 0 radical (unpaired) electrons. The van der Waals surface area contributed by atoms with Crippen molar-refractivity contribution in [2.24, 2.45) is 0 Å². The first-order valence-electron chi connectivity index (χ1n) is 9.68. The van der Waals surface area contributed by atoms with Crippen LogP contribution in [0.15, 0.2) is 53.4 Å². The average molecular weight is 448 g/mol. The molecule has 0 saturated carbocycles. The Hall–Kier alpha value is -2.33. The van der Waals surface area contributed by atoms with Crippen molar-refractivity contribution in [2.45, 2.75) is 44.7 Å². The monoisotopic (exact) mass is 447 g/mol. The molecule has 2 unspecified atom stereocenters. The number of aromatic nitrogens is 1. The highest BCUT2D eigenvalue weighted by molar-refractivity contribution is 7.77. The number of nitrogens with one attached hydrogen (secondary N) is 2. The third-order valence-corrected chi connectivity index (χ3v) is 6.22. The molecule has 0 bridgehead atoms. The van der Waals surface area contributed by atoms with E-state index in [0.717, 1.165) is 28.3 Å². The first kappa shape index (κ1) is 22.4. The van der Waals surface area contributed by atoms with Crippen LogP contribution in [0.25, 0.3) is 0 Å². The zero-order chi connectivity index (χ0) is 21.5. The van der Waals surface area contributed by atoms with Gasteiger partial charge in [0.25, 0.3) is 0 Å². The van der Waals surface area contributed by atoms with Crippen molar-refractivity contribution in [1.29, 1.82) is 0 Å². The van der Waals surface area contributed by atoms with Gasteiger partial charge < -0.3 is 10.4 Å². The van der Waals surface area contributed by atoms with Gasteiger partial charge in [0.05, 0.1) is 18.2 Å². The Morgan fingerprint density at radius 3 is 2.90 bits per heavy atom. The Morgan fingerprint density at radius 2 is 2.27 bits per heavy atom. The fraction of sp³-hybridized carbons (Fsp3) is 0.333. The van der Waals surface area contributed by atoms with Crippen LogP contribution in [0.3, 0.4) is 0 Å². The summed E-state index contributed by atoms with van der Waals surface area (Å²) >= 11 is -0.528. The Morgan fingerprint density at radius 1 is 1.43 bits per heavy atom. The van der Waals surface area contributed by atoms with E-state index in [0.29, 0.717) is 12.8 Å². The van der Waals surface area contributed by atoms with Gasteiger partial charge in [-0.25, -0.2) is 13.9 Å². The highest BCUT2D eigenvalue weighted by Gasteiger charge is 2.21. The standard InChI is InChI=1S/C21H25N3O4S2/c1-2-16-13-29-21(22-16)19(11-14-6-8-17(9-7-14)24-30(27)28)23-20(26)12-15-4-3-5-18(25)10-15/h3-8,10,13,17,19,24-25H,2,9,11-12H2,1H3,(H,23,26)(H,27,28)/t17?,19-/m0/s1. The van der Waals surface area contributed by atoms with E-state index in [1.54, 1.807) is 24.3 Å². The molecule has 9 heteroatoms. The van der Waals surface area contributed by atoms with Crippen LogP contribution in [-0.4, -0.2) is 30.8 Å². The molecule has 0 fully saturated rings. The molecule has 1 aliphatic carbocycles. The van der Waals surface area contributed by atoms with Crippen LogP contribution in [0.2, 0.25) is 0 Å². The smallest absolute Gasteiger partial charge is 0.232 e. The lowest BCUT2D eigenvalue weighted by Crippen LogP contribution is -2.31. The first-order chi connectivity index (χ1) is 14.4. The lowest BCUT2D eigenvalue weighted by atomic mass is 9.98. The quantitative estimate of drug-likeness (QED) is 0.441. The topological polar surface area (TPSA) is 112 Å². The molecule has 30 heavy (non-hydrogen) atoms. The van der Waals surface area contributed by atoms with Crippen molar-refractivity contribution in [3.63, 3.8) is 0 Å². The predicted octanol–water partition coefficient (Wildman–Crippen LogP) is 3.18. The van der Waals surface area contributed by atoms with Crippen molar-refractivity contribution in [3.05, 3.63) is 69.7 Å². The van der Waals surface area contributed by atoms with E-state index in [-0.39, 0.29) is 30.2 Å². The lowest BCUT2D eigenvalue weighted by molar-refractivity contribution is -0.121. The van der Waals surface area contributed by atoms with Crippen LogP contribution in [0.4, 0.5) is 0 Å². The molecule has 4 N–H and O–H groups in total. The highest BCUT2D eigenvalue weighted by Crippen LogP contribution is 2.27. The van der Waals surface area contributed by atoms with Gasteiger partial charge in [-0.1, -0.05) is 37.3 Å². The molecule has 3 rings (SSSR count). The number of hydrogen-bond donors (Lipinski definition) is 4. The number of amides is 1. The molecule has 0 spiro atoms. The number of benzene rings is 1. The number of carbonyl (C=O) groups excluding carboxylic acids is 1. The SMILES string of the molecule is CCc1csc([C@H](CC2=CCC(NS(=O)O)C=C2)NC(=O)Cc2cccc(O)c2)n1. The molecule has 160 valence electrons. The average Bonchev–Trinajstić information content (AvgIpc) is 3.18. The molecule has 1 aromatic heterocycles. The van der Waals surface area contributed by atoms with E-state index in [4.69, 9.17) is 4.55 Å². The van der Waals surface area contributed by atoms with Crippen LogP contribution >= 0.6 is 11.3 Å². The number of aromatic hydroxyl groups is 1. The van der Waals surface area contributed by atoms with Crippen molar-refractivity contribution in [2.75, 3.05) is 0 Å². The van der Waals surface area contributed by atoms with Gasteiger partial charge in [0, 0.05) is 11.4 Å². The Kier molecular flexibility index (Phi) is 7.92. The first-order valence-corrected chi connectivity index (χ1v) is 11.7. The minimum Gasteiger partial charge on any atom is -0.508 e. The van der Waals surface area contributed by atoms with Crippen LogP contribution in [0.5, 0.6) is 5.75 Å². The summed E-state index contributed by atoms with van der Waals surface area (Å²) in [6, 6.07) is 6.21. The molecule has 1 aromatic carbocycles. The number of carbonyl (C=O) groups is 1. The largest absolute Gasteiger partial charge is 0.508 e. The molecular formula is C21H25N3O4S2. The van der Waals surface area contributed by atoms with Gasteiger partial charge >= 0.3 is 0 Å². The van der Waals surface area contributed by atoms with Crippen molar-refractivity contribution in [3.8, 4) is 5.75 Å². The van der Waals surface area contributed by atoms with Gasteiger partial charge in [0.15, 0.2) is 0 Å². The zero-order valence-corrected chi connectivity index (χ0v) is 18.2. The molecule has 7 nitrogen and oxygen atoms in total. The molecule has 1 aliphatic rings. The Labute approximate surface area is 182 Å². The number of rotatable bonds is 9. The number of allylic oxidation sites excluding steroid dienone is 1. The second-order valence-electron chi connectivity index (χ2n) is 7.05. The van der Waals surface area contributed by atoms with Crippen molar-refractivity contribution >= 4 is 28.5 Å². The molecule has 3 atom stereocenters. The third-order valence-electron chi connectivity index (χ3n) is 4.71. The fourth-order valence-electron chi connectivity index (χ4n) is 3.21. The number of aryl methyl sites for hydroxylation is 1. The van der Waals surface area contributed by atoms with Gasteiger partial charge in [-0.15, -0.1) is 11.3 Å². The van der Waals surface area contributed by atoms with E-state index in [2.05, 4.69) is 15.0 Å². The van der Waals surface area contributed by atoms with Gasteiger partial charge in [0.2, 0.25) is 17.2 Å². The van der Waals surface area contributed by atoms with Crippen LogP contribution in [-0.2, 0) is 28.9 Å². The third kappa shape index (κ3) is 6.60. The molecular weight excluding hydrogens is 422 g/mol.